The number of carboxylic acid groups (broad SMARTS) is 1. The highest BCUT2D eigenvalue weighted by atomic mass is 19.4. The molecule has 0 radical (unpaired) electrons. The van der Waals surface area contributed by atoms with Gasteiger partial charge in [0, 0.05) is 23.9 Å². The number of carboxylic acids is 1. The highest BCUT2D eigenvalue weighted by Gasteiger charge is 2.31. The molecular formula is C33H29F6N3O3. The first-order valence-corrected chi connectivity index (χ1v) is 14.3. The number of ether oxygens (including phenoxy) is 1. The number of fused-ring (bicyclic) bond motifs is 1. The lowest BCUT2D eigenvalue weighted by Crippen LogP contribution is -2.19. The van der Waals surface area contributed by atoms with E-state index in [9.17, 15) is 31.1 Å². The predicted octanol–water partition coefficient (Wildman–Crippen LogP) is 7.91. The molecule has 0 aliphatic heterocycles. The van der Waals surface area contributed by atoms with Crippen LogP contribution in [-0.4, -0.2) is 34.2 Å². The normalized spacial score (nSPS) is 14.8. The van der Waals surface area contributed by atoms with E-state index in [0.29, 0.717) is 47.7 Å². The molecule has 0 spiro atoms. The fourth-order valence-corrected chi connectivity index (χ4v) is 5.37. The summed E-state index contributed by atoms with van der Waals surface area (Å²) in [5.74, 6) is 0.0859. The number of hydrogen-bond donors (Lipinski definition) is 2. The van der Waals surface area contributed by atoms with E-state index in [0.717, 1.165) is 48.2 Å². The number of aryl methyl sites for hydroxylation is 1. The maximum absolute atomic E-state index is 13.1. The second kappa shape index (κ2) is 13.3. The van der Waals surface area contributed by atoms with E-state index in [1.807, 2.05) is 18.2 Å². The second-order valence-corrected chi connectivity index (χ2v) is 10.8. The van der Waals surface area contributed by atoms with Crippen LogP contribution in [0, 0.1) is 0 Å². The van der Waals surface area contributed by atoms with Crippen LogP contribution in [0.1, 0.15) is 53.1 Å². The zero-order chi connectivity index (χ0) is 32.2. The summed E-state index contributed by atoms with van der Waals surface area (Å²) in [6.45, 7) is 1.13. The summed E-state index contributed by atoms with van der Waals surface area (Å²) in [5, 5.41) is 12.4. The Morgan fingerprint density at radius 3 is 2.18 bits per heavy atom. The van der Waals surface area contributed by atoms with Crippen LogP contribution in [-0.2, 0) is 30.1 Å². The quantitative estimate of drug-likeness (QED) is 0.130. The fraction of sp³-hybridized carbons (Fsp3) is 0.303. The lowest BCUT2D eigenvalue weighted by atomic mass is 9.98. The fourth-order valence-electron chi connectivity index (χ4n) is 5.37. The Balaban J connectivity index is 1.24. The average molecular weight is 630 g/mol. The summed E-state index contributed by atoms with van der Waals surface area (Å²) in [5.41, 5.74) is 2.33. The molecule has 4 aromatic rings. The lowest BCUT2D eigenvalue weighted by Gasteiger charge is -2.14. The molecule has 45 heavy (non-hydrogen) atoms. The first-order valence-electron chi connectivity index (χ1n) is 14.3. The van der Waals surface area contributed by atoms with Crippen molar-refractivity contribution < 1.29 is 41.0 Å². The maximum Gasteiger partial charge on any atom is 0.416 e. The van der Waals surface area contributed by atoms with Gasteiger partial charge < -0.3 is 15.2 Å². The highest BCUT2D eigenvalue weighted by Crippen LogP contribution is 2.37. The first-order chi connectivity index (χ1) is 21.4. The largest absolute Gasteiger partial charge is 0.494 e. The number of benzene rings is 3. The molecule has 0 amide bonds. The van der Waals surface area contributed by atoms with Gasteiger partial charge in [0.2, 0.25) is 0 Å². The van der Waals surface area contributed by atoms with Crippen molar-refractivity contribution >= 4 is 5.97 Å². The third-order valence-electron chi connectivity index (χ3n) is 7.66. The molecule has 0 unspecified atom stereocenters. The van der Waals surface area contributed by atoms with E-state index < -0.39 is 29.4 Å². The Bertz CT molecular complexity index is 1640. The Morgan fingerprint density at radius 1 is 0.911 bits per heavy atom. The zero-order valence-electron chi connectivity index (χ0n) is 23.9. The number of hydrogen-bond acceptors (Lipinski definition) is 5. The number of alkyl halides is 6. The van der Waals surface area contributed by atoms with Crippen LogP contribution in [0.5, 0.6) is 5.75 Å². The first kappa shape index (κ1) is 32.0. The van der Waals surface area contributed by atoms with Crippen LogP contribution in [0.2, 0.25) is 0 Å². The Kier molecular flexibility index (Phi) is 9.42. The summed E-state index contributed by atoms with van der Waals surface area (Å²) in [6.07, 6.45) is -5.19. The minimum atomic E-state index is -4.49. The maximum atomic E-state index is 13.1. The van der Waals surface area contributed by atoms with Gasteiger partial charge in [-0.2, -0.15) is 26.3 Å². The van der Waals surface area contributed by atoms with E-state index in [1.54, 1.807) is 0 Å². The van der Waals surface area contributed by atoms with E-state index in [2.05, 4.69) is 15.3 Å². The molecule has 3 aromatic carbocycles. The summed E-state index contributed by atoms with van der Waals surface area (Å²) >= 11 is 0. The number of halogens is 6. The van der Waals surface area contributed by atoms with Crippen molar-refractivity contribution in [1.82, 2.24) is 15.3 Å². The molecule has 1 aliphatic carbocycles. The molecule has 1 aliphatic rings. The van der Waals surface area contributed by atoms with Gasteiger partial charge in [0.15, 0.2) is 5.82 Å². The van der Waals surface area contributed by atoms with Crippen molar-refractivity contribution in [3.63, 3.8) is 0 Å². The number of nitrogens with zero attached hydrogens (tertiary/aromatic N) is 2. The van der Waals surface area contributed by atoms with Crippen molar-refractivity contribution in [2.24, 2.45) is 0 Å². The summed E-state index contributed by atoms with van der Waals surface area (Å²) in [7, 11) is 0. The molecule has 1 atom stereocenters. The molecule has 0 bridgehead atoms. The molecular weight excluding hydrogens is 600 g/mol. The van der Waals surface area contributed by atoms with Crippen molar-refractivity contribution in [1.29, 1.82) is 0 Å². The Morgan fingerprint density at radius 2 is 1.56 bits per heavy atom. The summed E-state index contributed by atoms with van der Waals surface area (Å²) < 4.78 is 84.3. The van der Waals surface area contributed by atoms with E-state index in [-0.39, 0.29) is 24.7 Å². The highest BCUT2D eigenvalue weighted by molar-refractivity contribution is 5.69. The number of nitrogens with one attached hydrogen (secondary N) is 1. The van der Waals surface area contributed by atoms with Crippen LogP contribution in [0.15, 0.2) is 72.9 Å². The molecule has 2 N–H and O–H groups in total. The Labute approximate surface area is 255 Å². The molecule has 1 aromatic heterocycles. The SMILES string of the molecule is O=C(O)C[C@@H]1CCc2cc(OCCCNCc3nc(-c4ccc(C(F)(F)F)cc4)ncc3-c3ccc(C(F)(F)F)cc3)ccc21. The van der Waals surface area contributed by atoms with Crippen molar-refractivity contribution in [3.05, 3.63) is 101 Å². The van der Waals surface area contributed by atoms with Gasteiger partial charge >= 0.3 is 18.3 Å². The third-order valence-corrected chi connectivity index (χ3v) is 7.66. The average Bonchev–Trinajstić information content (AvgIpc) is 3.39. The minimum Gasteiger partial charge on any atom is -0.494 e. The molecule has 1 heterocycles. The monoisotopic (exact) mass is 629 g/mol. The number of aromatic nitrogens is 2. The van der Waals surface area contributed by atoms with Gasteiger partial charge in [-0.25, -0.2) is 9.97 Å². The van der Waals surface area contributed by atoms with Crippen LogP contribution in [0.3, 0.4) is 0 Å². The minimum absolute atomic E-state index is 0.0183. The third kappa shape index (κ3) is 7.99. The molecule has 5 rings (SSSR count). The molecule has 0 saturated carbocycles. The van der Waals surface area contributed by atoms with Gasteiger partial charge in [0.05, 0.1) is 29.8 Å². The molecule has 0 saturated heterocycles. The van der Waals surface area contributed by atoms with Crippen molar-refractivity contribution in [2.75, 3.05) is 13.2 Å². The van der Waals surface area contributed by atoms with Crippen LogP contribution < -0.4 is 10.1 Å². The summed E-state index contributed by atoms with van der Waals surface area (Å²) in [6, 6.07) is 14.7. The van der Waals surface area contributed by atoms with E-state index in [1.165, 1.54) is 30.5 Å². The number of rotatable bonds is 11. The predicted molar refractivity (Wildman–Crippen MR) is 154 cm³/mol. The van der Waals surface area contributed by atoms with E-state index >= 15 is 0 Å². The summed E-state index contributed by atoms with van der Waals surface area (Å²) in [4.78, 5) is 20.0. The van der Waals surface area contributed by atoms with Gasteiger partial charge in [-0.3, -0.25) is 4.79 Å². The van der Waals surface area contributed by atoms with Gasteiger partial charge in [-0.05, 0) is 84.8 Å². The standard InChI is InChI=1S/C33H29F6N3O3/c34-32(35,36)24-8-4-20(5-9-24)28-18-41-31(21-6-10-25(11-7-21)33(37,38)39)42-29(28)19-40-14-1-15-45-26-12-13-27-22(16-26)2-3-23(27)17-30(43)44/h4-13,16,18,23,40H,1-3,14-15,17,19H2,(H,43,44)/t23-/m0/s1. The van der Waals surface area contributed by atoms with Gasteiger partial charge in [-0.1, -0.05) is 30.3 Å². The topological polar surface area (TPSA) is 84.3 Å². The van der Waals surface area contributed by atoms with Gasteiger partial charge in [-0.15, -0.1) is 0 Å². The van der Waals surface area contributed by atoms with Gasteiger partial charge in [0.1, 0.15) is 5.75 Å². The van der Waals surface area contributed by atoms with Crippen LogP contribution in [0.4, 0.5) is 26.3 Å². The van der Waals surface area contributed by atoms with E-state index in [4.69, 9.17) is 9.84 Å². The lowest BCUT2D eigenvalue weighted by molar-refractivity contribution is -0.138. The van der Waals surface area contributed by atoms with Crippen LogP contribution >= 0.6 is 0 Å². The molecule has 12 heteroatoms. The molecule has 6 nitrogen and oxygen atoms in total. The number of carbonyl (C=O) groups is 1. The van der Waals surface area contributed by atoms with Crippen LogP contribution in [0.25, 0.3) is 22.5 Å². The molecule has 0 fully saturated rings. The van der Waals surface area contributed by atoms with Crippen molar-refractivity contribution in [3.8, 4) is 28.3 Å². The smallest absolute Gasteiger partial charge is 0.416 e. The van der Waals surface area contributed by atoms with Crippen molar-refractivity contribution in [2.45, 2.75) is 50.5 Å². The number of aliphatic carboxylic acids is 1. The zero-order valence-corrected chi connectivity index (χ0v) is 23.9. The Hall–Kier alpha value is -4.45. The second-order valence-electron chi connectivity index (χ2n) is 10.8. The molecule has 236 valence electrons. The van der Waals surface area contributed by atoms with Gasteiger partial charge in [0.25, 0.3) is 0 Å².